The molecule has 0 unspecified atom stereocenters. The minimum absolute atomic E-state index is 0.0770. The molecule has 0 spiro atoms. The zero-order valence-electron chi connectivity index (χ0n) is 17.1. The van der Waals surface area contributed by atoms with Gasteiger partial charge in [-0.1, -0.05) is 30.3 Å². The molecule has 1 heterocycles. The Morgan fingerprint density at radius 1 is 0.933 bits per heavy atom. The molecule has 0 amide bonds. The molecular weight excluding hydrogens is 393 g/mol. The predicted octanol–water partition coefficient (Wildman–Crippen LogP) is 6.22. The van der Waals surface area contributed by atoms with E-state index >= 15 is 0 Å². The van der Waals surface area contributed by atoms with Crippen LogP contribution in [0.4, 0.5) is 30.6 Å². The van der Waals surface area contributed by atoms with Crippen LogP contribution in [0.5, 0.6) is 5.75 Å². The van der Waals surface area contributed by atoms with Gasteiger partial charge in [0.25, 0.3) is 0 Å². The Labute approximate surface area is 173 Å². The fourth-order valence-electron chi connectivity index (χ4n) is 2.97. The number of anilines is 3. The zero-order chi connectivity index (χ0) is 21.9. The molecule has 3 rings (SSSR count). The quantitative estimate of drug-likeness (QED) is 0.499. The second-order valence-corrected chi connectivity index (χ2v) is 7.23. The number of nitrogens with zero attached hydrogens (tertiary/aromatic N) is 2. The number of aromatic nitrogens is 2. The van der Waals surface area contributed by atoms with Crippen LogP contribution in [0.15, 0.2) is 48.5 Å². The molecule has 0 aliphatic carbocycles. The van der Waals surface area contributed by atoms with Crippen LogP contribution in [0, 0.1) is 13.8 Å². The summed E-state index contributed by atoms with van der Waals surface area (Å²) in [6.07, 6.45) is -4.76. The van der Waals surface area contributed by atoms with E-state index in [9.17, 15) is 13.2 Å². The maximum absolute atomic E-state index is 12.6. The smallest absolute Gasteiger partial charge is 0.406 e. The van der Waals surface area contributed by atoms with E-state index in [1.165, 1.54) is 18.2 Å². The highest BCUT2D eigenvalue weighted by Gasteiger charge is 2.31. The lowest BCUT2D eigenvalue weighted by molar-refractivity contribution is -0.274. The Kier molecular flexibility index (Phi) is 6.14. The second kappa shape index (κ2) is 8.61. The topological polar surface area (TPSA) is 59.1 Å². The average Bonchev–Trinajstić information content (AvgIpc) is 2.63. The van der Waals surface area contributed by atoms with E-state index in [0.29, 0.717) is 23.0 Å². The monoisotopic (exact) mass is 416 g/mol. The third kappa shape index (κ3) is 5.62. The van der Waals surface area contributed by atoms with Gasteiger partial charge in [-0.3, -0.25) is 0 Å². The van der Waals surface area contributed by atoms with Crippen molar-refractivity contribution < 1.29 is 17.9 Å². The molecule has 0 fully saturated rings. The SMILES string of the molecule is Cc1cccc(C)c1Nc1cc(-c2cccc(OC(F)(F)F)c2)nc(NC(C)C)n1. The van der Waals surface area contributed by atoms with Crippen LogP contribution in [0.1, 0.15) is 25.0 Å². The van der Waals surface area contributed by atoms with Crippen molar-refractivity contribution in [3.63, 3.8) is 0 Å². The van der Waals surface area contributed by atoms with Gasteiger partial charge in [0.05, 0.1) is 5.69 Å². The van der Waals surface area contributed by atoms with E-state index in [2.05, 4.69) is 25.3 Å². The molecule has 0 bridgehead atoms. The van der Waals surface area contributed by atoms with Gasteiger partial charge in [0.15, 0.2) is 0 Å². The van der Waals surface area contributed by atoms with Crippen LogP contribution in [0.25, 0.3) is 11.3 Å². The molecule has 3 aromatic rings. The minimum Gasteiger partial charge on any atom is -0.406 e. The highest BCUT2D eigenvalue weighted by atomic mass is 19.4. The normalized spacial score (nSPS) is 11.5. The van der Waals surface area contributed by atoms with Crippen LogP contribution < -0.4 is 15.4 Å². The summed E-state index contributed by atoms with van der Waals surface area (Å²) in [7, 11) is 0. The molecule has 0 aliphatic rings. The third-order valence-corrected chi connectivity index (χ3v) is 4.24. The lowest BCUT2D eigenvalue weighted by atomic mass is 10.1. The molecule has 0 atom stereocenters. The summed E-state index contributed by atoms with van der Waals surface area (Å²) < 4.78 is 41.8. The van der Waals surface area contributed by atoms with Crippen molar-refractivity contribution in [1.29, 1.82) is 0 Å². The number of benzene rings is 2. The van der Waals surface area contributed by atoms with E-state index in [0.717, 1.165) is 16.8 Å². The van der Waals surface area contributed by atoms with Crippen molar-refractivity contribution >= 4 is 17.5 Å². The van der Waals surface area contributed by atoms with E-state index in [4.69, 9.17) is 0 Å². The summed E-state index contributed by atoms with van der Waals surface area (Å²) in [4.78, 5) is 8.98. The third-order valence-electron chi connectivity index (χ3n) is 4.24. The minimum atomic E-state index is -4.76. The van der Waals surface area contributed by atoms with Gasteiger partial charge in [-0.2, -0.15) is 4.98 Å². The molecule has 1 aromatic heterocycles. The van der Waals surface area contributed by atoms with Crippen LogP contribution in [0.3, 0.4) is 0 Å². The van der Waals surface area contributed by atoms with Gasteiger partial charge in [0, 0.05) is 23.4 Å². The number of aryl methyl sites for hydroxylation is 2. The number of nitrogens with one attached hydrogen (secondary N) is 2. The Hall–Kier alpha value is -3.29. The van der Waals surface area contributed by atoms with Crippen LogP contribution in [-0.2, 0) is 0 Å². The predicted molar refractivity (Wildman–Crippen MR) is 112 cm³/mol. The Morgan fingerprint density at radius 3 is 2.23 bits per heavy atom. The summed E-state index contributed by atoms with van der Waals surface area (Å²) in [5.41, 5.74) is 3.97. The van der Waals surface area contributed by atoms with Gasteiger partial charge in [0.1, 0.15) is 11.6 Å². The van der Waals surface area contributed by atoms with Crippen LogP contribution in [-0.4, -0.2) is 22.4 Å². The number of ether oxygens (including phenoxy) is 1. The standard InChI is InChI=1S/C22H23F3N4O/c1-13(2)26-21-27-18(16-9-6-10-17(11-16)30-22(23,24)25)12-19(29-21)28-20-14(3)7-5-8-15(20)4/h5-13H,1-4H3,(H2,26,27,28,29). The van der Waals surface area contributed by atoms with Crippen molar-refractivity contribution in [2.24, 2.45) is 0 Å². The largest absolute Gasteiger partial charge is 0.573 e. The Bertz CT molecular complexity index is 1010. The number of halogens is 3. The Balaban J connectivity index is 2.02. The lowest BCUT2D eigenvalue weighted by Crippen LogP contribution is -2.17. The van der Waals surface area contributed by atoms with Crippen molar-refractivity contribution in [1.82, 2.24) is 9.97 Å². The number of rotatable bonds is 6. The van der Waals surface area contributed by atoms with Crippen molar-refractivity contribution in [2.75, 3.05) is 10.6 Å². The average molecular weight is 416 g/mol. The maximum Gasteiger partial charge on any atom is 0.573 e. The molecule has 0 saturated heterocycles. The molecule has 2 N–H and O–H groups in total. The van der Waals surface area contributed by atoms with Gasteiger partial charge >= 0.3 is 6.36 Å². The van der Waals surface area contributed by atoms with E-state index in [1.807, 2.05) is 45.9 Å². The molecule has 0 saturated carbocycles. The van der Waals surface area contributed by atoms with Gasteiger partial charge in [0.2, 0.25) is 5.95 Å². The molecule has 8 heteroatoms. The summed E-state index contributed by atoms with van der Waals surface area (Å²) in [5, 5.41) is 6.46. The molecular formula is C22H23F3N4O. The summed E-state index contributed by atoms with van der Waals surface area (Å²) >= 11 is 0. The molecule has 2 aromatic carbocycles. The first-order valence-electron chi connectivity index (χ1n) is 9.46. The first-order valence-corrected chi connectivity index (χ1v) is 9.46. The van der Waals surface area contributed by atoms with Crippen LogP contribution in [0.2, 0.25) is 0 Å². The highest BCUT2D eigenvalue weighted by molar-refractivity contribution is 5.70. The van der Waals surface area contributed by atoms with Gasteiger partial charge in [-0.05, 0) is 51.0 Å². The maximum atomic E-state index is 12.6. The van der Waals surface area contributed by atoms with E-state index < -0.39 is 6.36 Å². The fourth-order valence-corrected chi connectivity index (χ4v) is 2.97. The first-order chi connectivity index (χ1) is 14.1. The molecule has 5 nitrogen and oxygen atoms in total. The molecule has 158 valence electrons. The zero-order valence-corrected chi connectivity index (χ0v) is 17.1. The van der Waals surface area contributed by atoms with Crippen molar-refractivity contribution in [2.45, 2.75) is 40.1 Å². The number of para-hydroxylation sites is 1. The Morgan fingerprint density at radius 2 is 1.60 bits per heavy atom. The number of alkyl halides is 3. The van der Waals surface area contributed by atoms with Gasteiger partial charge in [-0.25, -0.2) is 4.98 Å². The highest BCUT2D eigenvalue weighted by Crippen LogP contribution is 2.30. The van der Waals surface area contributed by atoms with Crippen molar-refractivity contribution in [3.05, 3.63) is 59.7 Å². The number of hydrogen-bond acceptors (Lipinski definition) is 5. The van der Waals surface area contributed by atoms with Gasteiger partial charge in [-0.15, -0.1) is 13.2 Å². The summed E-state index contributed by atoms with van der Waals surface area (Å²) in [6, 6.07) is 13.4. The lowest BCUT2D eigenvalue weighted by Gasteiger charge is -2.16. The number of hydrogen-bond donors (Lipinski definition) is 2. The summed E-state index contributed by atoms with van der Waals surface area (Å²) in [6.45, 7) is 7.88. The summed E-state index contributed by atoms with van der Waals surface area (Å²) in [5.74, 6) is 0.599. The fraction of sp³-hybridized carbons (Fsp3) is 0.273. The second-order valence-electron chi connectivity index (χ2n) is 7.23. The first kappa shape index (κ1) is 21.4. The molecule has 0 radical (unpaired) electrons. The van der Waals surface area contributed by atoms with Crippen LogP contribution >= 0.6 is 0 Å². The van der Waals surface area contributed by atoms with E-state index in [1.54, 1.807) is 12.1 Å². The van der Waals surface area contributed by atoms with E-state index in [-0.39, 0.29) is 11.8 Å². The molecule has 30 heavy (non-hydrogen) atoms. The van der Waals surface area contributed by atoms with Gasteiger partial charge < -0.3 is 15.4 Å². The van der Waals surface area contributed by atoms with Crippen molar-refractivity contribution in [3.8, 4) is 17.0 Å². The molecule has 0 aliphatic heterocycles.